The van der Waals surface area contributed by atoms with E-state index in [4.69, 9.17) is 4.74 Å². The van der Waals surface area contributed by atoms with Gasteiger partial charge in [-0.25, -0.2) is 9.48 Å². The molecule has 0 aliphatic carbocycles. The van der Waals surface area contributed by atoms with Crippen molar-refractivity contribution in [1.29, 1.82) is 0 Å². The number of rotatable bonds is 4. The predicted molar refractivity (Wildman–Crippen MR) is 86.5 cm³/mol. The van der Waals surface area contributed by atoms with Crippen molar-refractivity contribution in [2.24, 2.45) is 0 Å². The molecule has 1 aliphatic rings. The molecular weight excluding hydrogens is 310 g/mol. The highest BCUT2D eigenvalue weighted by atomic mass is 16.5. The van der Waals surface area contributed by atoms with Crippen LogP contribution in [0.2, 0.25) is 0 Å². The Balaban J connectivity index is 1.87. The molecule has 2 aromatic rings. The van der Waals surface area contributed by atoms with Gasteiger partial charge >= 0.3 is 5.97 Å². The van der Waals surface area contributed by atoms with Gasteiger partial charge < -0.3 is 14.7 Å². The number of aliphatic carboxylic acids is 1. The molecule has 1 fully saturated rings. The van der Waals surface area contributed by atoms with Crippen molar-refractivity contribution >= 4 is 11.9 Å². The molecule has 24 heavy (non-hydrogen) atoms. The lowest BCUT2D eigenvalue weighted by atomic mass is 10.2. The van der Waals surface area contributed by atoms with E-state index in [-0.39, 0.29) is 11.6 Å². The minimum absolute atomic E-state index is 0.261. The Hall–Kier alpha value is -2.83. The van der Waals surface area contributed by atoms with E-state index < -0.39 is 12.0 Å². The maximum Gasteiger partial charge on any atom is 0.326 e. The number of methoxy groups -OCH3 is 1. The molecule has 2 heterocycles. The fourth-order valence-corrected chi connectivity index (χ4v) is 2.98. The molecule has 1 aliphatic heterocycles. The number of aryl methyl sites for hydroxylation is 1. The second kappa shape index (κ2) is 6.35. The van der Waals surface area contributed by atoms with E-state index in [1.165, 1.54) is 4.90 Å². The summed E-state index contributed by atoms with van der Waals surface area (Å²) in [6.07, 6.45) is 1.18. The average Bonchev–Trinajstić information content (AvgIpc) is 3.21. The quantitative estimate of drug-likeness (QED) is 0.926. The molecule has 7 heteroatoms. The van der Waals surface area contributed by atoms with Gasteiger partial charge in [-0.1, -0.05) is 0 Å². The van der Waals surface area contributed by atoms with Crippen LogP contribution >= 0.6 is 0 Å². The normalized spacial score (nSPS) is 17.1. The zero-order valence-electron chi connectivity index (χ0n) is 13.6. The average molecular weight is 329 g/mol. The molecule has 1 aromatic carbocycles. The number of benzene rings is 1. The van der Waals surface area contributed by atoms with E-state index in [9.17, 15) is 14.7 Å². The van der Waals surface area contributed by atoms with E-state index in [1.54, 1.807) is 17.9 Å². The number of carbonyl (C=O) groups excluding carboxylic acids is 1. The zero-order valence-corrected chi connectivity index (χ0v) is 13.6. The van der Waals surface area contributed by atoms with Gasteiger partial charge in [-0.15, -0.1) is 0 Å². The Morgan fingerprint density at radius 1 is 1.29 bits per heavy atom. The third kappa shape index (κ3) is 2.84. The van der Waals surface area contributed by atoms with Gasteiger partial charge in [0.15, 0.2) is 5.69 Å². The van der Waals surface area contributed by atoms with Crippen LogP contribution in [0.25, 0.3) is 5.69 Å². The first-order valence-corrected chi connectivity index (χ1v) is 7.76. The number of amides is 1. The van der Waals surface area contributed by atoms with Crippen molar-refractivity contribution in [3.05, 3.63) is 41.7 Å². The van der Waals surface area contributed by atoms with Crippen LogP contribution in [0.15, 0.2) is 30.3 Å². The van der Waals surface area contributed by atoms with Crippen LogP contribution in [0.1, 0.15) is 29.0 Å². The Kier molecular flexibility index (Phi) is 4.24. The van der Waals surface area contributed by atoms with Crippen LogP contribution in [0, 0.1) is 6.92 Å². The lowest BCUT2D eigenvalue weighted by Gasteiger charge is -2.20. The van der Waals surface area contributed by atoms with Crippen molar-refractivity contribution in [2.75, 3.05) is 13.7 Å². The number of aromatic nitrogens is 2. The summed E-state index contributed by atoms with van der Waals surface area (Å²) in [4.78, 5) is 25.3. The van der Waals surface area contributed by atoms with Crippen molar-refractivity contribution in [2.45, 2.75) is 25.8 Å². The topological polar surface area (TPSA) is 84.7 Å². The first kappa shape index (κ1) is 16.0. The van der Waals surface area contributed by atoms with Gasteiger partial charge in [0.05, 0.1) is 12.8 Å². The van der Waals surface area contributed by atoms with Crippen molar-refractivity contribution in [3.63, 3.8) is 0 Å². The van der Waals surface area contributed by atoms with Crippen LogP contribution < -0.4 is 4.74 Å². The highest BCUT2D eigenvalue weighted by Gasteiger charge is 2.35. The van der Waals surface area contributed by atoms with Gasteiger partial charge in [0.25, 0.3) is 5.91 Å². The molecule has 126 valence electrons. The molecule has 0 radical (unpaired) electrons. The summed E-state index contributed by atoms with van der Waals surface area (Å²) in [6.45, 7) is 2.30. The molecule has 1 saturated heterocycles. The Bertz CT molecular complexity index is 767. The highest BCUT2D eigenvalue weighted by molar-refractivity contribution is 5.95. The number of hydrogen-bond donors (Lipinski definition) is 1. The second-order valence-corrected chi connectivity index (χ2v) is 5.78. The molecule has 0 bridgehead atoms. The summed E-state index contributed by atoms with van der Waals surface area (Å²) in [5.41, 5.74) is 1.87. The third-order valence-corrected chi connectivity index (χ3v) is 4.22. The summed E-state index contributed by atoms with van der Waals surface area (Å²) >= 11 is 0. The van der Waals surface area contributed by atoms with E-state index in [2.05, 4.69) is 5.10 Å². The number of ether oxygens (including phenoxy) is 1. The second-order valence-electron chi connectivity index (χ2n) is 5.78. The van der Waals surface area contributed by atoms with Crippen molar-refractivity contribution < 1.29 is 19.4 Å². The number of nitrogens with zero attached hydrogens (tertiary/aromatic N) is 3. The number of carboxylic acid groups (broad SMARTS) is 1. The van der Waals surface area contributed by atoms with Crippen LogP contribution in [0.5, 0.6) is 5.75 Å². The number of hydrogen-bond acceptors (Lipinski definition) is 4. The largest absolute Gasteiger partial charge is 0.497 e. The van der Waals surface area contributed by atoms with Crippen LogP contribution in [0.4, 0.5) is 0 Å². The predicted octanol–water partition coefficient (Wildman–Crippen LogP) is 1.88. The van der Waals surface area contributed by atoms with E-state index in [0.29, 0.717) is 19.4 Å². The SMILES string of the molecule is COc1ccc(-n2nc(C(=O)N3CCCC3C(=O)O)cc2C)cc1. The summed E-state index contributed by atoms with van der Waals surface area (Å²) in [7, 11) is 1.60. The Labute approximate surface area is 139 Å². The lowest BCUT2D eigenvalue weighted by molar-refractivity contribution is -0.141. The van der Waals surface area contributed by atoms with Gasteiger partial charge in [0.2, 0.25) is 0 Å². The van der Waals surface area contributed by atoms with Crippen LogP contribution in [-0.2, 0) is 4.79 Å². The summed E-state index contributed by atoms with van der Waals surface area (Å²) in [5.74, 6) is -0.566. The van der Waals surface area contributed by atoms with Gasteiger partial charge in [-0.2, -0.15) is 5.10 Å². The molecule has 1 aromatic heterocycles. The zero-order chi connectivity index (χ0) is 17.3. The summed E-state index contributed by atoms with van der Waals surface area (Å²) < 4.78 is 6.80. The summed E-state index contributed by atoms with van der Waals surface area (Å²) in [6, 6.07) is 8.26. The van der Waals surface area contributed by atoms with Gasteiger partial charge in [0, 0.05) is 12.2 Å². The van der Waals surface area contributed by atoms with Crippen molar-refractivity contribution in [1.82, 2.24) is 14.7 Å². The molecule has 1 unspecified atom stereocenters. The van der Waals surface area contributed by atoms with E-state index in [0.717, 1.165) is 17.1 Å². The molecule has 1 amide bonds. The minimum atomic E-state index is -0.966. The molecule has 3 rings (SSSR count). The van der Waals surface area contributed by atoms with Gasteiger partial charge in [-0.3, -0.25) is 4.79 Å². The summed E-state index contributed by atoms with van der Waals surface area (Å²) in [5, 5.41) is 13.6. The Morgan fingerprint density at radius 3 is 2.62 bits per heavy atom. The minimum Gasteiger partial charge on any atom is -0.497 e. The lowest BCUT2D eigenvalue weighted by Crippen LogP contribution is -2.40. The molecule has 7 nitrogen and oxygen atoms in total. The van der Waals surface area contributed by atoms with E-state index >= 15 is 0 Å². The fourth-order valence-electron chi connectivity index (χ4n) is 2.98. The number of carbonyl (C=O) groups is 2. The van der Waals surface area contributed by atoms with Crippen molar-refractivity contribution in [3.8, 4) is 11.4 Å². The van der Waals surface area contributed by atoms with Crippen LogP contribution in [0.3, 0.4) is 0 Å². The first-order chi connectivity index (χ1) is 11.5. The molecule has 1 N–H and O–H groups in total. The molecule has 1 atom stereocenters. The third-order valence-electron chi connectivity index (χ3n) is 4.22. The standard InChI is InChI=1S/C17H19N3O4/c1-11-10-14(16(21)19-9-3-4-15(19)17(22)23)18-20(11)12-5-7-13(24-2)8-6-12/h5-8,10,15H,3-4,9H2,1-2H3,(H,22,23). The maximum atomic E-state index is 12.6. The highest BCUT2D eigenvalue weighted by Crippen LogP contribution is 2.22. The van der Waals surface area contributed by atoms with E-state index in [1.807, 2.05) is 31.2 Å². The first-order valence-electron chi connectivity index (χ1n) is 7.76. The monoisotopic (exact) mass is 329 g/mol. The van der Waals surface area contributed by atoms with Gasteiger partial charge in [-0.05, 0) is 50.1 Å². The van der Waals surface area contributed by atoms with Crippen LogP contribution in [-0.4, -0.2) is 51.4 Å². The maximum absolute atomic E-state index is 12.6. The smallest absolute Gasteiger partial charge is 0.326 e. The molecule has 0 saturated carbocycles. The fraction of sp³-hybridized carbons (Fsp3) is 0.353. The van der Waals surface area contributed by atoms with Gasteiger partial charge in [0.1, 0.15) is 11.8 Å². The number of likely N-dealkylation sites (tertiary alicyclic amines) is 1. The molecular formula is C17H19N3O4. The molecule has 0 spiro atoms. The Morgan fingerprint density at radius 2 is 2.00 bits per heavy atom. The number of carboxylic acids is 1.